The molecule has 0 aliphatic carbocycles. The van der Waals surface area contributed by atoms with E-state index in [9.17, 15) is 13.2 Å². The molecule has 0 spiro atoms. The second kappa shape index (κ2) is 5.15. The first kappa shape index (κ1) is 13.5. The normalized spacial score (nSPS) is 11.0. The summed E-state index contributed by atoms with van der Waals surface area (Å²) < 4.78 is 27.7. The molecule has 0 saturated heterocycles. The molecule has 0 bridgehead atoms. The molecule has 3 N–H and O–H groups in total. The van der Waals surface area contributed by atoms with Crippen LogP contribution in [0.25, 0.3) is 0 Å². The van der Waals surface area contributed by atoms with Crippen LogP contribution in [0.3, 0.4) is 0 Å². The number of likely N-dealkylation sites (N-methyl/N-ethyl adjacent to an activating group) is 1. The van der Waals surface area contributed by atoms with Crippen LogP contribution in [0.1, 0.15) is 5.56 Å². The molecule has 0 unspecified atom stereocenters. The molecular weight excluding hydrogens is 244 g/mol. The average molecular weight is 258 g/mol. The summed E-state index contributed by atoms with van der Waals surface area (Å²) in [5, 5.41) is 7.42. The highest BCUT2D eigenvalue weighted by Gasteiger charge is 2.16. The molecule has 7 heteroatoms. The number of hydrogen-bond acceptors (Lipinski definition) is 4. The molecule has 0 radical (unpaired) electrons. The molecule has 0 aromatic heterocycles. The van der Waals surface area contributed by atoms with Crippen molar-refractivity contribution in [2.75, 3.05) is 13.7 Å². The minimum absolute atomic E-state index is 0.0710. The number of sulfonamides is 1. The van der Waals surface area contributed by atoms with Crippen LogP contribution >= 0.6 is 0 Å². The van der Waals surface area contributed by atoms with Crippen LogP contribution in [0.2, 0.25) is 0 Å². The fourth-order valence-corrected chi connectivity index (χ4v) is 1.93. The zero-order valence-corrected chi connectivity index (χ0v) is 10.4. The lowest BCUT2D eigenvalue weighted by Gasteiger charge is -2.10. The zero-order valence-electron chi connectivity index (χ0n) is 9.56. The lowest BCUT2D eigenvalue weighted by Crippen LogP contribution is -2.25. The predicted octanol–water partition coefficient (Wildman–Crippen LogP) is -0.233. The van der Waals surface area contributed by atoms with E-state index in [1.165, 1.54) is 19.2 Å². The number of carbonyl (C=O) groups is 1. The predicted molar refractivity (Wildman–Crippen MR) is 62.1 cm³/mol. The Morgan fingerprint density at radius 1 is 1.47 bits per heavy atom. The number of hydrogen-bond donors (Lipinski definition) is 2. The Hall–Kier alpha value is -1.60. The molecule has 17 heavy (non-hydrogen) atoms. The fourth-order valence-electron chi connectivity index (χ4n) is 1.17. The average Bonchev–Trinajstić information content (AvgIpc) is 2.25. The first-order valence-corrected chi connectivity index (χ1v) is 6.36. The second-order valence-electron chi connectivity index (χ2n) is 3.46. The smallest absolute Gasteiger partial charge is 0.257 e. The maximum Gasteiger partial charge on any atom is 0.257 e. The van der Waals surface area contributed by atoms with Gasteiger partial charge in [-0.05, 0) is 24.6 Å². The summed E-state index contributed by atoms with van der Waals surface area (Å²) in [5.74, 6) is -0.285. The maximum atomic E-state index is 11.3. The van der Waals surface area contributed by atoms with Gasteiger partial charge in [-0.15, -0.1) is 0 Å². The number of primary sulfonamides is 1. The zero-order chi connectivity index (χ0) is 13.1. The van der Waals surface area contributed by atoms with Crippen molar-refractivity contribution in [3.05, 3.63) is 23.8 Å². The van der Waals surface area contributed by atoms with E-state index in [1.807, 2.05) is 0 Å². The molecular formula is C10H14N2O4S. The third-order valence-corrected chi connectivity index (χ3v) is 2.98. The van der Waals surface area contributed by atoms with Crippen molar-refractivity contribution in [3.8, 4) is 5.75 Å². The molecule has 1 aromatic carbocycles. The van der Waals surface area contributed by atoms with E-state index in [0.29, 0.717) is 0 Å². The number of carbonyl (C=O) groups excluding carboxylic acids is 1. The van der Waals surface area contributed by atoms with Crippen LogP contribution in [0.15, 0.2) is 23.1 Å². The minimum atomic E-state index is -3.87. The quantitative estimate of drug-likeness (QED) is 0.779. The Balaban J connectivity index is 3.04. The molecule has 94 valence electrons. The van der Waals surface area contributed by atoms with Crippen molar-refractivity contribution in [1.29, 1.82) is 0 Å². The van der Waals surface area contributed by atoms with Crippen molar-refractivity contribution < 1.29 is 17.9 Å². The highest BCUT2D eigenvalue weighted by molar-refractivity contribution is 7.89. The second-order valence-corrected chi connectivity index (χ2v) is 4.99. The third-order valence-electron chi connectivity index (χ3n) is 2.04. The number of ether oxygens (including phenoxy) is 1. The van der Waals surface area contributed by atoms with Gasteiger partial charge in [0.25, 0.3) is 5.91 Å². The van der Waals surface area contributed by atoms with Gasteiger partial charge in [-0.2, -0.15) is 0 Å². The van der Waals surface area contributed by atoms with E-state index in [4.69, 9.17) is 9.88 Å². The number of benzene rings is 1. The van der Waals surface area contributed by atoms with Crippen molar-refractivity contribution >= 4 is 15.9 Å². The van der Waals surface area contributed by atoms with Gasteiger partial charge in [0.05, 0.1) is 0 Å². The van der Waals surface area contributed by atoms with Gasteiger partial charge < -0.3 is 10.1 Å². The van der Waals surface area contributed by atoms with Crippen molar-refractivity contribution in [2.24, 2.45) is 5.14 Å². The van der Waals surface area contributed by atoms with Crippen molar-refractivity contribution in [3.63, 3.8) is 0 Å². The van der Waals surface area contributed by atoms with Crippen LogP contribution in [0.5, 0.6) is 5.75 Å². The van der Waals surface area contributed by atoms with Gasteiger partial charge in [-0.25, -0.2) is 13.6 Å². The first-order valence-electron chi connectivity index (χ1n) is 4.81. The highest BCUT2D eigenvalue weighted by Crippen LogP contribution is 2.23. The van der Waals surface area contributed by atoms with Crippen molar-refractivity contribution in [1.82, 2.24) is 5.32 Å². The molecule has 1 amide bonds. The van der Waals surface area contributed by atoms with E-state index in [1.54, 1.807) is 13.0 Å². The fraction of sp³-hybridized carbons (Fsp3) is 0.300. The van der Waals surface area contributed by atoms with Gasteiger partial charge in [0.15, 0.2) is 6.61 Å². The Morgan fingerprint density at radius 2 is 2.12 bits per heavy atom. The number of aryl methyl sites for hydroxylation is 1. The van der Waals surface area contributed by atoms with E-state index < -0.39 is 10.0 Å². The van der Waals surface area contributed by atoms with Gasteiger partial charge in [0.1, 0.15) is 10.6 Å². The monoisotopic (exact) mass is 258 g/mol. The molecule has 0 atom stereocenters. The summed E-state index contributed by atoms with van der Waals surface area (Å²) in [6, 6.07) is 4.54. The molecule has 0 aliphatic heterocycles. The molecule has 6 nitrogen and oxygen atoms in total. The lowest BCUT2D eigenvalue weighted by atomic mass is 10.2. The summed E-state index contributed by atoms with van der Waals surface area (Å²) in [6.07, 6.45) is 0. The van der Waals surface area contributed by atoms with Gasteiger partial charge in [0, 0.05) is 7.05 Å². The van der Waals surface area contributed by atoms with Gasteiger partial charge in [-0.3, -0.25) is 4.79 Å². The van der Waals surface area contributed by atoms with Crippen LogP contribution in [0, 0.1) is 6.92 Å². The SMILES string of the molecule is CNC(=O)COc1ccc(C)cc1S(N)(=O)=O. The first-order chi connectivity index (χ1) is 7.84. The maximum absolute atomic E-state index is 11.3. The van der Waals surface area contributed by atoms with Gasteiger partial charge >= 0.3 is 0 Å². The number of amides is 1. The van der Waals surface area contributed by atoms with E-state index in [2.05, 4.69) is 5.32 Å². The largest absolute Gasteiger partial charge is 0.482 e. The van der Waals surface area contributed by atoms with E-state index >= 15 is 0 Å². The summed E-state index contributed by atoms with van der Waals surface area (Å²) in [5.41, 5.74) is 0.737. The van der Waals surface area contributed by atoms with Gasteiger partial charge in [-0.1, -0.05) is 6.07 Å². The Morgan fingerprint density at radius 3 is 2.65 bits per heavy atom. The molecule has 0 fully saturated rings. The summed E-state index contributed by atoms with van der Waals surface area (Å²) in [6.45, 7) is 1.47. The molecule has 1 aromatic rings. The summed E-state index contributed by atoms with van der Waals surface area (Å²) >= 11 is 0. The van der Waals surface area contributed by atoms with Crippen LogP contribution in [0.4, 0.5) is 0 Å². The van der Waals surface area contributed by atoms with Gasteiger partial charge in [0.2, 0.25) is 10.0 Å². The van der Waals surface area contributed by atoms with Crippen LogP contribution < -0.4 is 15.2 Å². The summed E-state index contributed by atoms with van der Waals surface area (Å²) in [7, 11) is -2.41. The number of nitrogens with two attached hydrogens (primary N) is 1. The van der Waals surface area contributed by atoms with Crippen LogP contribution in [-0.4, -0.2) is 28.0 Å². The van der Waals surface area contributed by atoms with E-state index in [0.717, 1.165) is 5.56 Å². The number of rotatable bonds is 4. The summed E-state index contributed by atoms with van der Waals surface area (Å²) in [4.78, 5) is 10.9. The molecule has 1 rings (SSSR count). The Bertz CT molecular complexity index is 525. The molecule has 0 saturated carbocycles. The standard InChI is InChI=1S/C10H14N2O4S/c1-7-3-4-8(16-6-10(13)12-2)9(5-7)17(11,14)15/h3-5H,6H2,1-2H3,(H,12,13)(H2,11,14,15). The molecule has 0 aliphatic rings. The lowest BCUT2D eigenvalue weighted by molar-refractivity contribution is -0.122. The Kier molecular flexibility index (Phi) is 4.08. The van der Waals surface area contributed by atoms with E-state index in [-0.39, 0.29) is 23.2 Å². The topological polar surface area (TPSA) is 98.5 Å². The van der Waals surface area contributed by atoms with Crippen LogP contribution in [-0.2, 0) is 14.8 Å². The highest BCUT2D eigenvalue weighted by atomic mass is 32.2. The minimum Gasteiger partial charge on any atom is -0.482 e. The number of nitrogens with one attached hydrogen (secondary N) is 1. The molecule has 0 heterocycles. The third kappa shape index (κ3) is 3.72. The Labute approximate surface area is 99.8 Å². The van der Waals surface area contributed by atoms with Crippen molar-refractivity contribution in [2.45, 2.75) is 11.8 Å².